The first kappa shape index (κ1) is 19.8. The molecule has 0 saturated carbocycles. The molecule has 0 unspecified atom stereocenters. The van der Waals surface area contributed by atoms with Gasteiger partial charge in [-0.05, 0) is 31.3 Å². The third-order valence-corrected chi connectivity index (χ3v) is 5.85. The molecule has 4 heterocycles. The van der Waals surface area contributed by atoms with Crippen LogP contribution in [0.2, 0.25) is 0 Å². The summed E-state index contributed by atoms with van der Waals surface area (Å²) in [6.45, 7) is 10.3. The first-order chi connectivity index (χ1) is 14.2. The lowest BCUT2D eigenvalue weighted by Gasteiger charge is -2.35. The third-order valence-electron chi connectivity index (χ3n) is 5.42. The summed E-state index contributed by atoms with van der Waals surface area (Å²) >= 11 is 5.70. The van der Waals surface area contributed by atoms with Crippen molar-refractivity contribution >= 4 is 24.0 Å². The van der Waals surface area contributed by atoms with Gasteiger partial charge in [0.2, 0.25) is 10.7 Å². The first-order valence-electron chi connectivity index (χ1n) is 10.0. The Kier molecular flexibility index (Phi) is 6.08. The van der Waals surface area contributed by atoms with Crippen LogP contribution in [0.1, 0.15) is 12.5 Å². The Morgan fingerprint density at radius 1 is 1.14 bits per heavy atom. The number of anilines is 2. The van der Waals surface area contributed by atoms with Gasteiger partial charge < -0.3 is 14.5 Å². The Hall–Kier alpha value is -2.48. The maximum absolute atomic E-state index is 9.09. The van der Waals surface area contributed by atoms with E-state index in [0.29, 0.717) is 12.2 Å². The fourth-order valence-corrected chi connectivity index (χ4v) is 4.07. The van der Waals surface area contributed by atoms with E-state index in [1.54, 1.807) is 12.3 Å². The highest BCUT2D eigenvalue weighted by atomic mass is 32.1. The molecule has 2 aliphatic heterocycles. The maximum Gasteiger partial charge on any atom is 0.226 e. The predicted octanol–water partition coefficient (Wildman–Crippen LogP) is 1.32. The molecule has 0 radical (unpaired) electrons. The molecule has 0 N–H and O–H groups in total. The van der Waals surface area contributed by atoms with Crippen LogP contribution in [0.3, 0.4) is 0 Å². The summed E-state index contributed by atoms with van der Waals surface area (Å²) in [6, 6.07) is 5.76. The van der Waals surface area contributed by atoms with E-state index in [2.05, 4.69) is 37.2 Å². The van der Waals surface area contributed by atoms with Crippen LogP contribution in [0, 0.1) is 16.1 Å². The van der Waals surface area contributed by atoms with Crippen LogP contribution in [0.4, 0.5) is 11.8 Å². The molecule has 0 spiro atoms. The summed E-state index contributed by atoms with van der Waals surface area (Å²) in [5.41, 5.74) is 0.643. The zero-order valence-electron chi connectivity index (χ0n) is 16.7. The molecule has 0 atom stereocenters. The number of piperazine rings is 1. The Bertz CT molecular complexity index is 934. The second-order valence-corrected chi connectivity index (χ2v) is 7.55. The fraction of sp³-hybridized carbons (Fsp3) is 0.579. The lowest BCUT2D eigenvalue weighted by molar-refractivity contribution is 0.121. The van der Waals surface area contributed by atoms with Crippen LogP contribution in [0.5, 0.6) is 0 Å². The van der Waals surface area contributed by atoms with Crippen molar-refractivity contribution in [1.82, 2.24) is 24.2 Å². The summed E-state index contributed by atoms with van der Waals surface area (Å²) in [5.74, 6) is 1.81. The quantitative estimate of drug-likeness (QED) is 0.678. The molecule has 29 heavy (non-hydrogen) atoms. The summed E-state index contributed by atoms with van der Waals surface area (Å²) in [4.78, 5) is 11.3. The number of ether oxygens (including phenoxy) is 1. The van der Waals surface area contributed by atoms with Crippen molar-refractivity contribution in [2.75, 3.05) is 62.3 Å². The number of nitrogens with zero attached hydrogens (tertiary/aromatic N) is 8. The van der Waals surface area contributed by atoms with Gasteiger partial charge in [0, 0.05) is 52.0 Å². The molecule has 4 rings (SSSR count). The molecule has 2 aromatic heterocycles. The van der Waals surface area contributed by atoms with E-state index in [4.69, 9.17) is 27.3 Å². The Morgan fingerprint density at radius 3 is 2.59 bits per heavy atom. The molecular weight excluding hydrogens is 388 g/mol. The van der Waals surface area contributed by atoms with Gasteiger partial charge in [-0.25, -0.2) is 9.67 Å². The predicted molar refractivity (Wildman–Crippen MR) is 112 cm³/mol. The van der Waals surface area contributed by atoms with Crippen molar-refractivity contribution in [1.29, 1.82) is 5.26 Å². The maximum atomic E-state index is 9.09. The minimum absolute atomic E-state index is 0.643. The molecule has 2 fully saturated rings. The first-order valence-corrected chi connectivity index (χ1v) is 10.4. The number of rotatable bonds is 5. The number of aromatic nitrogens is 4. The van der Waals surface area contributed by atoms with E-state index in [1.807, 2.05) is 10.7 Å². The van der Waals surface area contributed by atoms with E-state index < -0.39 is 0 Å². The molecule has 2 saturated heterocycles. The third kappa shape index (κ3) is 4.27. The largest absolute Gasteiger partial charge is 0.378 e. The lowest BCUT2D eigenvalue weighted by atomic mass is 10.2. The van der Waals surface area contributed by atoms with Crippen molar-refractivity contribution in [3.8, 4) is 6.07 Å². The molecule has 2 aliphatic rings. The van der Waals surface area contributed by atoms with Gasteiger partial charge in [-0.1, -0.05) is 0 Å². The highest BCUT2D eigenvalue weighted by Gasteiger charge is 2.22. The lowest BCUT2D eigenvalue weighted by Crippen LogP contribution is -2.47. The molecule has 10 heteroatoms. The van der Waals surface area contributed by atoms with Crippen molar-refractivity contribution in [2.45, 2.75) is 20.1 Å². The van der Waals surface area contributed by atoms with Gasteiger partial charge in [0.25, 0.3) is 0 Å². The molecule has 0 aliphatic carbocycles. The number of morpholine rings is 1. The second-order valence-electron chi connectivity index (χ2n) is 7.19. The van der Waals surface area contributed by atoms with E-state index in [1.165, 1.54) is 0 Å². The van der Waals surface area contributed by atoms with E-state index in [9.17, 15) is 0 Å². The summed E-state index contributed by atoms with van der Waals surface area (Å²) < 4.78 is 10.3. The zero-order chi connectivity index (χ0) is 20.2. The van der Waals surface area contributed by atoms with Crippen LogP contribution < -0.4 is 9.80 Å². The molecule has 0 amide bonds. The van der Waals surface area contributed by atoms with Crippen molar-refractivity contribution in [2.24, 2.45) is 0 Å². The van der Waals surface area contributed by atoms with Crippen molar-refractivity contribution in [3.63, 3.8) is 0 Å². The van der Waals surface area contributed by atoms with E-state index >= 15 is 0 Å². The van der Waals surface area contributed by atoms with Crippen molar-refractivity contribution in [3.05, 3.63) is 28.7 Å². The summed E-state index contributed by atoms with van der Waals surface area (Å²) in [7, 11) is 0. The minimum atomic E-state index is 0.643. The zero-order valence-corrected chi connectivity index (χ0v) is 17.5. The highest BCUT2D eigenvalue weighted by Crippen LogP contribution is 2.18. The summed E-state index contributed by atoms with van der Waals surface area (Å²) in [5, 5.41) is 13.9. The molecular formula is C19H26N8OS. The molecule has 0 aromatic carbocycles. The van der Waals surface area contributed by atoms with Gasteiger partial charge in [-0.3, -0.25) is 9.47 Å². The second kappa shape index (κ2) is 8.90. The van der Waals surface area contributed by atoms with Crippen LogP contribution in [0.15, 0.2) is 18.3 Å². The highest BCUT2D eigenvalue weighted by molar-refractivity contribution is 7.71. The molecule has 0 bridgehead atoms. The fourth-order valence-electron chi connectivity index (χ4n) is 3.76. The number of hydrogen-bond acceptors (Lipinski definition) is 8. The Labute approximate surface area is 175 Å². The van der Waals surface area contributed by atoms with Gasteiger partial charge in [0.1, 0.15) is 5.82 Å². The number of pyridine rings is 1. The van der Waals surface area contributed by atoms with E-state index in [0.717, 1.165) is 75.6 Å². The normalized spacial score (nSPS) is 18.1. The van der Waals surface area contributed by atoms with Crippen molar-refractivity contribution < 1.29 is 4.74 Å². The Balaban J connectivity index is 1.42. The van der Waals surface area contributed by atoms with Crippen LogP contribution in [0.25, 0.3) is 0 Å². The van der Waals surface area contributed by atoms with Crippen LogP contribution in [-0.2, 0) is 18.0 Å². The minimum Gasteiger partial charge on any atom is -0.378 e. The average molecular weight is 415 g/mol. The summed E-state index contributed by atoms with van der Waals surface area (Å²) in [6.07, 6.45) is 1.70. The topological polar surface area (TPSA) is 78.4 Å². The Morgan fingerprint density at radius 2 is 1.90 bits per heavy atom. The van der Waals surface area contributed by atoms with Crippen LogP contribution >= 0.6 is 12.2 Å². The van der Waals surface area contributed by atoms with E-state index in [-0.39, 0.29) is 0 Å². The number of nitriles is 1. The SMILES string of the molecule is CCn1c(N2CCOCC2)nn(CN2CCN(c3cc(C#N)ccn3)CC2)c1=S. The van der Waals surface area contributed by atoms with Gasteiger partial charge in [-0.2, -0.15) is 5.26 Å². The number of hydrogen-bond donors (Lipinski definition) is 0. The molecule has 2 aromatic rings. The van der Waals surface area contributed by atoms with Gasteiger partial charge >= 0.3 is 0 Å². The standard InChI is InChI=1S/C19H26N8OS/c1-2-26-18(25-9-11-28-12-10-25)22-27(19(26)29)15-23-5-7-24(8-6-23)17-13-16(14-20)3-4-21-17/h3-4,13H,2,5-12,15H2,1H3. The monoisotopic (exact) mass is 414 g/mol. The molecule has 154 valence electrons. The van der Waals surface area contributed by atoms with Gasteiger partial charge in [-0.15, -0.1) is 5.10 Å². The average Bonchev–Trinajstić information content (AvgIpc) is 3.10. The molecule has 9 nitrogen and oxygen atoms in total. The smallest absolute Gasteiger partial charge is 0.226 e. The van der Waals surface area contributed by atoms with Gasteiger partial charge in [0.05, 0.1) is 31.5 Å². The van der Waals surface area contributed by atoms with Crippen LogP contribution in [-0.4, -0.2) is 76.7 Å². The van der Waals surface area contributed by atoms with Gasteiger partial charge in [0.15, 0.2) is 0 Å².